The summed E-state index contributed by atoms with van der Waals surface area (Å²) in [5.41, 5.74) is 0.241. The maximum Gasteiger partial charge on any atom is 0.150 e. The molecule has 0 saturated heterocycles. The highest BCUT2D eigenvalue weighted by Gasteiger charge is 2.00. The minimum Gasteiger partial charge on any atom is -0.493 e. The van der Waals surface area contributed by atoms with Crippen molar-refractivity contribution < 1.29 is 13.9 Å². The van der Waals surface area contributed by atoms with Crippen molar-refractivity contribution in [1.82, 2.24) is 0 Å². The first kappa shape index (κ1) is 11.2. The number of benzene rings is 1. The third-order valence-corrected chi connectivity index (χ3v) is 1.73. The van der Waals surface area contributed by atoms with E-state index in [1.807, 2.05) is 6.07 Å². The Bertz CT molecular complexity index is 385. The second-order valence-electron chi connectivity index (χ2n) is 2.95. The molecule has 1 aromatic rings. The van der Waals surface area contributed by atoms with E-state index >= 15 is 0 Å². The Kier molecular flexibility index (Phi) is 4.30. The molecule has 0 atom stereocenters. The molecule has 0 saturated carbocycles. The molecule has 0 radical (unpaired) electrons. The van der Waals surface area contributed by atoms with Crippen LogP contribution in [0.15, 0.2) is 18.2 Å². The van der Waals surface area contributed by atoms with Gasteiger partial charge in [0.05, 0.1) is 12.7 Å². The normalized spacial score (nSPS) is 9.33. The zero-order chi connectivity index (χ0) is 11.1. The fourth-order valence-electron chi connectivity index (χ4n) is 1.08. The number of unbranched alkanes of at least 4 members (excludes halogenated alkanes) is 1. The summed E-state index contributed by atoms with van der Waals surface area (Å²) in [4.78, 5) is 10.4. The summed E-state index contributed by atoms with van der Waals surface area (Å²) in [6.45, 7) is 0.343. The van der Waals surface area contributed by atoms with Gasteiger partial charge in [-0.1, -0.05) is 0 Å². The molecule has 0 unspecified atom stereocenters. The maximum absolute atomic E-state index is 12.9. The van der Waals surface area contributed by atoms with Crippen LogP contribution in [0.3, 0.4) is 0 Å². The molecule has 0 aliphatic carbocycles. The third kappa shape index (κ3) is 3.77. The monoisotopic (exact) mass is 207 g/mol. The van der Waals surface area contributed by atoms with Crippen LogP contribution < -0.4 is 4.74 Å². The first-order chi connectivity index (χ1) is 7.26. The molecule has 0 spiro atoms. The fraction of sp³-hybridized carbons (Fsp3) is 0.273. The largest absolute Gasteiger partial charge is 0.493 e. The number of rotatable bonds is 5. The SMILES string of the molecule is N#CCCCOc1cc(F)cc(C=O)c1. The van der Waals surface area contributed by atoms with Crippen molar-refractivity contribution in [3.8, 4) is 11.8 Å². The van der Waals surface area contributed by atoms with Crippen LogP contribution in [0.1, 0.15) is 23.2 Å². The van der Waals surface area contributed by atoms with E-state index in [9.17, 15) is 9.18 Å². The Morgan fingerprint density at radius 2 is 2.27 bits per heavy atom. The number of carbonyl (C=O) groups is 1. The van der Waals surface area contributed by atoms with Crippen molar-refractivity contribution in [3.63, 3.8) is 0 Å². The average Bonchev–Trinajstić information content (AvgIpc) is 2.23. The maximum atomic E-state index is 12.9. The molecule has 78 valence electrons. The van der Waals surface area contributed by atoms with Crippen molar-refractivity contribution in [2.75, 3.05) is 6.61 Å². The molecule has 1 aromatic carbocycles. The predicted octanol–water partition coefficient (Wildman–Crippen LogP) is 2.32. The number of nitriles is 1. The van der Waals surface area contributed by atoms with Crippen molar-refractivity contribution in [2.24, 2.45) is 0 Å². The molecule has 0 amide bonds. The van der Waals surface area contributed by atoms with Crippen molar-refractivity contribution in [3.05, 3.63) is 29.6 Å². The van der Waals surface area contributed by atoms with Crippen LogP contribution in [0.5, 0.6) is 5.75 Å². The molecular formula is C11H10FNO2. The average molecular weight is 207 g/mol. The van der Waals surface area contributed by atoms with Crippen LogP contribution in [0, 0.1) is 17.1 Å². The summed E-state index contributed by atoms with van der Waals surface area (Å²) < 4.78 is 18.1. The first-order valence-corrected chi connectivity index (χ1v) is 4.52. The Balaban J connectivity index is 2.57. The molecule has 3 nitrogen and oxygen atoms in total. The van der Waals surface area contributed by atoms with Gasteiger partial charge in [-0.25, -0.2) is 4.39 Å². The molecule has 0 aromatic heterocycles. The first-order valence-electron chi connectivity index (χ1n) is 4.52. The number of halogens is 1. The van der Waals surface area contributed by atoms with E-state index in [0.717, 1.165) is 6.07 Å². The molecule has 0 N–H and O–H groups in total. The summed E-state index contributed by atoms with van der Waals surface area (Å²) in [5, 5.41) is 8.28. The van der Waals surface area contributed by atoms with Gasteiger partial charge in [-0.3, -0.25) is 4.79 Å². The van der Waals surface area contributed by atoms with Crippen LogP contribution in [-0.2, 0) is 0 Å². The molecule has 0 heterocycles. The van der Waals surface area contributed by atoms with Gasteiger partial charge in [-0.2, -0.15) is 5.26 Å². The number of aldehydes is 1. The van der Waals surface area contributed by atoms with Crippen LogP contribution in [0.2, 0.25) is 0 Å². The van der Waals surface area contributed by atoms with Gasteiger partial charge < -0.3 is 4.74 Å². The molecule has 4 heteroatoms. The molecule has 0 aliphatic heterocycles. The predicted molar refractivity (Wildman–Crippen MR) is 52.1 cm³/mol. The van der Waals surface area contributed by atoms with Gasteiger partial charge in [-0.15, -0.1) is 0 Å². The topological polar surface area (TPSA) is 50.1 Å². The van der Waals surface area contributed by atoms with Gasteiger partial charge in [0.25, 0.3) is 0 Å². The molecule has 0 aliphatic rings. The molecule has 15 heavy (non-hydrogen) atoms. The highest BCUT2D eigenvalue weighted by Crippen LogP contribution is 2.15. The lowest BCUT2D eigenvalue weighted by molar-refractivity contribution is 0.112. The van der Waals surface area contributed by atoms with E-state index in [2.05, 4.69) is 0 Å². The van der Waals surface area contributed by atoms with Gasteiger partial charge in [0.1, 0.15) is 17.9 Å². The minimum atomic E-state index is -0.505. The van der Waals surface area contributed by atoms with Crippen LogP contribution in [0.4, 0.5) is 4.39 Å². The summed E-state index contributed by atoms with van der Waals surface area (Å²) in [5.74, 6) is -0.190. The number of hydrogen-bond acceptors (Lipinski definition) is 3. The third-order valence-electron chi connectivity index (χ3n) is 1.73. The second-order valence-corrected chi connectivity index (χ2v) is 2.95. The number of carbonyl (C=O) groups excluding carboxylic acids is 1. The van der Waals surface area contributed by atoms with E-state index in [4.69, 9.17) is 10.00 Å². The Morgan fingerprint density at radius 3 is 2.93 bits per heavy atom. The van der Waals surface area contributed by atoms with Crippen molar-refractivity contribution in [1.29, 1.82) is 5.26 Å². The molecular weight excluding hydrogens is 197 g/mol. The molecule has 0 bridgehead atoms. The number of nitrogens with zero attached hydrogens (tertiary/aromatic N) is 1. The number of hydrogen-bond donors (Lipinski definition) is 0. The van der Waals surface area contributed by atoms with Gasteiger partial charge in [0.15, 0.2) is 0 Å². The van der Waals surface area contributed by atoms with E-state index in [0.29, 0.717) is 31.5 Å². The lowest BCUT2D eigenvalue weighted by Crippen LogP contribution is -1.98. The van der Waals surface area contributed by atoms with E-state index < -0.39 is 5.82 Å². The zero-order valence-corrected chi connectivity index (χ0v) is 8.07. The number of ether oxygens (including phenoxy) is 1. The standard InChI is InChI=1S/C11H10FNO2/c12-10-5-9(8-14)6-11(7-10)15-4-2-1-3-13/h5-8H,1-2,4H2. The highest BCUT2D eigenvalue weighted by atomic mass is 19.1. The van der Waals surface area contributed by atoms with Crippen LogP contribution in [0.25, 0.3) is 0 Å². The minimum absolute atomic E-state index is 0.241. The van der Waals surface area contributed by atoms with E-state index in [1.165, 1.54) is 12.1 Å². The van der Waals surface area contributed by atoms with E-state index in [-0.39, 0.29) is 5.56 Å². The summed E-state index contributed by atoms with van der Waals surface area (Å²) in [6, 6.07) is 5.78. The smallest absolute Gasteiger partial charge is 0.150 e. The quantitative estimate of drug-likeness (QED) is 0.550. The van der Waals surface area contributed by atoms with Gasteiger partial charge in [0.2, 0.25) is 0 Å². The summed E-state index contributed by atoms with van der Waals surface area (Å²) in [6.07, 6.45) is 1.55. The second kappa shape index (κ2) is 5.76. The molecule has 1 rings (SSSR count). The lowest BCUT2D eigenvalue weighted by Gasteiger charge is -2.05. The summed E-state index contributed by atoms with van der Waals surface area (Å²) in [7, 11) is 0. The van der Waals surface area contributed by atoms with Crippen LogP contribution in [-0.4, -0.2) is 12.9 Å². The van der Waals surface area contributed by atoms with Gasteiger partial charge in [-0.05, 0) is 18.6 Å². The zero-order valence-electron chi connectivity index (χ0n) is 8.07. The Hall–Kier alpha value is -1.89. The van der Waals surface area contributed by atoms with Crippen LogP contribution >= 0.6 is 0 Å². The Labute approximate surface area is 87.1 Å². The van der Waals surface area contributed by atoms with Crippen molar-refractivity contribution >= 4 is 6.29 Å². The molecule has 0 fully saturated rings. The Morgan fingerprint density at radius 1 is 1.47 bits per heavy atom. The fourth-order valence-corrected chi connectivity index (χ4v) is 1.08. The highest BCUT2D eigenvalue weighted by molar-refractivity contribution is 5.75. The van der Waals surface area contributed by atoms with Gasteiger partial charge in [0, 0.05) is 18.1 Å². The lowest BCUT2D eigenvalue weighted by atomic mass is 10.2. The van der Waals surface area contributed by atoms with Crippen molar-refractivity contribution in [2.45, 2.75) is 12.8 Å². The summed E-state index contributed by atoms with van der Waals surface area (Å²) >= 11 is 0. The van der Waals surface area contributed by atoms with Gasteiger partial charge >= 0.3 is 0 Å². The van der Waals surface area contributed by atoms with E-state index in [1.54, 1.807) is 0 Å².